The third kappa shape index (κ3) is 3.70. The first-order chi connectivity index (χ1) is 12.1. The number of rotatable bonds is 5. The number of hydrogen-bond acceptors (Lipinski definition) is 5. The van der Waals surface area contributed by atoms with Crippen molar-refractivity contribution >= 4 is 46.0 Å². The number of hydrogen-bond donors (Lipinski definition) is 0. The summed E-state index contributed by atoms with van der Waals surface area (Å²) < 4.78 is 11.4. The molecular weight excluding hydrogens is 354 g/mol. The minimum Gasteiger partial charge on any atom is -0.493 e. The van der Waals surface area contributed by atoms with E-state index in [9.17, 15) is 4.79 Å². The van der Waals surface area contributed by atoms with E-state index in [1.165, 1.54) is 11.8 Å². The summed E-state index contributed by atoms with van der Waals surface area (Å²) in [6.45, 7) is 2.48. The highest BCUT2D eigenvalue weighted by Crippen LogP contribution is 2.37. The molecule has 1 saturated heterocycles. The molecule has 1 aliphatic rings. The molecule has 0 aliphatic carbocycles. The number of thioether (sulfide) groups is 1. The number of carbonyl (C=O) groups excluding carboxylic acids is 1. The summed E-state index contributed by atoms with van der Waals surface area (Å²) in [7, 11) is 1.59. The SMILES string of the molecule is CCOc1ccc(/C=C2/SC(=S)N(c3ccccc3)C2=O)cc1OC. The van der Waals surface area contributed by atoms with Crippen molar-refractivity contribution in [3.63, 3.8) is 0 Å². The van der Waals surface area contributed by atoms with Crippen molar-refractivity contribution in [1.82, 2.24) is 0 Å². The molecule has 6 heteroatoms. The normalized spacial score (nSPS) is 15.8. The van der Waals surface area contributed by atoms with Gasteiger partial charge in [0.2, 0.25) is 0 Å². The quantitative estimate of drug-likeness (QED) is 0.572. The standard InChI is InChI=1S/C19H17NO3S2/c1-3-23-15-10-9-13(11-16(15)22-2)12-17-18(21)20(19(24)25-17)14-7-5-4-6-8-14/h4-12H,3H2,1-2H3/b17-12+. The monoisotopic (exact) mass is 371 g/mol. The molecule has 0 bridgehead atoms. The Morgan fingerprint density at radius 3 is 2.60 bits per heavy atom. The first kappa shape index (κ1) is 17.5. The zero-order chi connectivity index (χ0) is 17.8. The molecule has 0 saturated carbocycles. The maximum absolute atomic E-state index is 12.7. The van der Waals surface area contributed by atoms with E-state index in [1.54, 1.807) is 12.0 Å². The van der Waals surface area contributed by atoms with Gasteiger partial charge in [-0.05, 0) is 42.8 Å². The summed E-state index contributed by atoms with van der Waals surface area (Å²) in [5.74, 6) is 1.20. The van der Waals surface area contributed by atoms with Gasteiger partial charge in [-0.2, -0.15) is 0 Å². The maximum atomic E-state index is 12.7. The van der Waals surface area contributed by atoms with E-state index in [1.807, 2.05) is 61.5 Å². The second-order valence-corrected chi connectivity index (χ2v) is 6.87. The van der Waals surface area contributed by atoms with Crippen LogP contribution in [0.15, 0.2) is 53.4 Å². The first-order valence-corrected chi connectivity index (χ1v) is 9.00. The van der Waals surface area contributed by atoms with Crippen molar-refractivity contribution in [2.75, 3.05) is 18.6 Å². The Hall–Kier alpha value is -2.31. The molecule has 0 unspecified atom stereocenters. The van der Waals surface area contributed by atoms with Gasteiger partial charge in [0.15, 0.2) is 15.8 Å². The van der Waals surface area contributed by atoms with Crippen molar-refractivity contribution in [3.8, 4) is 11.5 Å². The Balaban J connectivity index is 1.90. The molecule has 128 valence electrons. The molecule has 1 fully saturated rings. The molecule has 0 N–H and O–H groups in total. The topological polar surface area (TPSA) is 38.8 Å². The smallest absolute Gasteiger partial charge is 0.270 e. The van der Waals surface area contributed by atoms with Crippen molar-refractivity contribution in [3.05, 3.63) is 59.0 Å². The van der Waals surface area contributed by atoms with Gasteiger partial charge in [0.05, 0.1) is 24.3 Å². The van der Waals surface area contributed by atoms with Crippen LogP contribution < -0.4 is 14.4 Å². The second kappa shape index (κ2) is 7.72. The van der Waals surface area contributed by atoms with Crippen LogP contribution in [0, 0.1) is 0 Å². The Labute approximate surface area is 156 Å². The van der Waals surface area contributed by atoms with Crippen LogP contribution in [0.4, 0.5) is 5.69 Å². The van der Waals surface area contributed by atoms with Gasteiger partial charge in [-0.1, -0.05) is 48.2 Å². The van der Waals surface area contributed by atoms with Gasteiger partial charge in [-0.15, -0.1) is 0 Å². The number of thiocarbonyl (C=S) groups is 1. The second-order valence-electron chi connectivity index (χ2n) is 5.20. The number of para-hydroxylation sites is 1. The molecule has 0 spiro atoms. The molecule has 0 aromatic heterocycles. The van der Waals surface area contributed by atoms with E-state index in [0.29, 0.717) is 27.3 Å². The zero-order valence-electron chi connectivity index (χ0n) is 13.9. The lowest BCUT2D eigenvalue weighted by atomic mass is 10.2. The van der Waals surface area contributed by atoms with Gasteiger partial charge in [0.1, 0.15) is 0 Å². The maximum Gasteiger partial charge on any atom is 0.270 e. The average Bonchev–Trinajstić information content (AvgIpc) is 2.90. The van der Waals surface area contributed by atoms with Gasteiger partial charge in [-0.25, -0.2) is 0 Å². The van der Waals surface area contributed by atoms with E-state index < -0.39 is 0 Å². The van der Waals surface area contributed by atoms with Crippen LogP contribution in [0.5, 0.6) is 11.5 Å². The van der Waals surface area contributed by atoms with Crippen molar-refractivity contribution in [1.29, 1.82) is 0 Å². The summed E-state index contributed by atoms with van der Waals surface area (Å²) in [5.41, 5.74) is 1.63. The minimum absolute atomic E-state index is 0.117. The molecule has 1 aliphatic heterocycles. The van der Waals surface area contributed by atoms with Gasteiger partial charge in [0, 0.05) is 0 Å². The van der Waals surface area contributed by atoms with Crippen molar-refractivity contribution < 1.29 is 14.3 Å². The highest BCUT2D eigenvalue weighted by atomic mass is 32.2. The Morgan fingerprint density at radius 2 is 1.92 bits per heavy atom. The summed E-state index contributed by atoms with van der Waals surface area (Å²) in [5, 5.41) is 0. The molecule has 4 nitrogen and oxygen atoms in total. The van der Waals surface area contributed by atoms with Crippen LogP contribution in [0.3, 0.4) is 0 Å². The van der Waals surface area contributed by atoms with Crippen LogP contribution in [0.2, 0.25) is 0 Å². The minimum atomic E-state index is -0.117. The fourth-order valence-corrected chi connectivity index (χ4v) is 3.77. The number of methoxy groups -OCH3 is 1. The Bertz CT molecular complexity index is 834. The van der Waals surface area contributed by atoms with Gasteiger partial charge < -0.3 is 9.47 Å². The molecule has 0 radical (unpaired) electrons. The fourth-order valence-electron chi connectivity index (χ4n) is 2.47. The van der Waals surface area contributed by atoms with Crippen molar-refractivity contribution in [2.45, 2.75) is 6.92 Å². The number of amides is 1. The lowest BCUT2D eigenvalue weighted by Gasteiger charge is -2.13. The lowest BCUT2D eigenvalue weighted by Crippen LogP contribution is -2.27. The predicted molar refractivity (Wildman–Crippen MR) is 106 cm³/mol. The number of anilines is 1. The Kier molecular flexibility index (Phi) is 5.40. The molecule has 1 heterocycles. The highest BCUT2D eigenvalue weighted by Gasteiger charge is 2.33. The Morgan fingerprint density at radius 1 is 1.16 bits per heavy atom. The van der Waals surface area contributed by atoms with E-state index in [0.717, 1.165) is 11.3 Å². The summed E-state index contributed by atoms with van der Waals surface area (Å²) in [6.07, 6.45) is 1.82. The number of benzene rings is 2. The average molecular weight is 371 g/mol. The number of nitrogens with zero attached hydrogens (tertiary/aromatic N) is 1. The van der Waals surface area contributed by atoms with Gasteiger partial charge in [0.25, 0.3) is 5.91 Å². The molecular formula is C19H17NO3S2. The zero-order valence-corrected chi connectivity index (χ0v) is 15.5. The van der Waals surface area contributed by atoms with Crippen molar-refractivity contribution in [2.24, 2.45) is 0 Å². The van der Waals surface area contributed by atoms with E-state index >= 15 is 0 Å². The molecule has 0 atom stereocenters. The molecule has 25 heavy (non-hydrogen) atoms. The molecule has 3 rings (SSSR count). The lowest BCUT2D eigenvalue weighted by molar-refractivity contribution is -0.113. The largest absolute Gasteiger partial charge is 0.493 e. The van der Waals surface area contributed by atoms with E-state index in [2.05, 4.69) is 0 Å². The number of ether oxygens (including phenoxy) is 2. The van der Waals surface area contributed by atoms with E-state index in [4.69, 9.17) is 21.7 Å². The third-order valence-corrected chi connectivity index (χ3v) is 4.90. The summed E-state index contributed by atoms with van der Waals surface area (Å²) >= 11 is 6.68. The molecule has 2 aromatic carbocycles. The van der Waals surface area contributed by atoms with E-state index in [-0.39, 0.29) is 5.91 Å². The van der Waals surface area contributed by atoms with Crippen LogP contribution >= 0.6 is 24.0 Å². The fraction of sp³-hybridized carbons (Fsp3) is 0.158. The third-order valence-electron chi connectivity index (χ3n) is 3.59. The summed E-state index contributed by atoms with van der Waals surface area (Å²) in [6, 6.07) is 15.0. The predicted octanol–water partition coefficient (Wildman–Crippen LogP) is 4.50. The summed E-state index contributed by atoms with van der Waals surface area (Å²) in [4.78, 5) is 14.9. The number of carbonyl (C=O) groups is 1. The highest BCUT2D eigenvalue weighted by molar-refractivity contribution is 8.27. The van der Waals surface area contributed by atoms with Crippen LogP contribution in [-0.2, 0) is 4.79 Å². The van der Waals surface area contributed by atoms with Gasteiger partial charge >= 0.3 is 0 Å². The van der Waals surface area contributed by atoms with Crippen LogP contribution in [0.1, 0.15) is 12.5 Å². The first-order valence-electron chi connectivity index (χ1n) is 7.78. The molecule has 2 aromatic rings. The van der Waals surface area contributed by atoms with Gasteiger partial charge in [-0.3, -0.25) is 9.69 Å². The van der Waals surface area contributed by atoms with Crippen LogP contribution in [-0.4, -0.2) is 23.9 Å². The van der Waals surface area contributed by atoms with Crippen LogP contribution in [0.25, 0.3) is 6.08 Å². The molecule has 1 amide bonds.